The van der Waals surface area contributed by atoms with E-state index in [-0.39, 0.29) is 18.3 Å². The van der Waals surface area contributed by atoms with Crippen LogP contribution in [0, 0.1) is 0 Å². The summed E-state index contributed by atoms with van der Waals surface area (Å²) in [6, 6.07) is 11.4. The van der Waals surface area contributed by atoms with Crippen LogP contribution in [0.4, 0.5) is 13.2 Å². The molecule has 2 rings (SSSR count). The molecule has 7 heteroatoms. The van der Waals surface area contributed by atoms with Gasteiger partial charge in [0.15, 0.2) is 6.61 Å². The molecule has 0 aliphatic heterocycles. The average Bonchev–Trinajstić information content (AvgIpc) is 2.58. The fourth-order valence-electron chi connectivity index (χ4n) is 1.88. The molecule has 4 nitrogen and oxygen atoms in total. The van der Waals surface area contributed by atoms with Crippen LogP contribution in [0.25, 0.3) is 0 Å². The van der Waals surface area contributed by atoms with Crippen LogP contribution in [0.5, 0.6) is 11.5 Å². The van der Waals surface area contributed by atoms with Crippen molar-refractivity contribution < 1.29 is 27.4 Å². The van der Waals surface area contributed by atoms with E-state index in [0.29, 0.717) is 6.54 Å². The highest BCUT2D eigenvalue weighted by Gasteiger charge is 2.30. The molecular weight excluding hydrogens is 323 g/mol. The highest BCUT2D eigenvalue weighted by atomic mass is 19.4. The first-order valence-corrected chi connectivity index (χ1v) is 7.08. The number of ether oxygens (including phenoxy) is 2. The predicted octanol–water partition coefficient (Wildman–Crippen LogP) is 3.41. The minimum absolute atomic E-state index is 0.197. The first-order valence-electron chi connectivity index (χ1n) is 7.08. The first-order chi connectivity index (χ1) is 11.4. The summed E-state index contributed by atoms with van der Waals surface area (Å²) in [6.07, 6.45) is -4.39. The Labute approximate surface area is 137 Å². The van der Waals surface area contributed by atoms with Crippen LogP contribution in [-0.2, 0) is 17.5 Å². The van der Waals surface area contributed by atoms with Gasteiger partial charge in [-0.05, 0) is 42.0 Å². The van der Waals surface area contributed by atoms with Crippen molar-refractivity contribution in [1.29, 1.82) is 0 Å². The zero-order valence-electron chi connectivity index (χ0n) is 12.9. The topological polar surface area (TPSA) is 47.6 Å². The summed E-state index contributed by atoms with van der Waals surface area (Å²) >= 11 is 0. The quantitative estimate of drug-likeness (QED) is 0.877. The van der Waals surface area contributed by atoms with Gasteiger partial charge in [-0.1, -0.05) is 12.1 Å². The molecule has 0 saturated carbocycles. The summed E-state index contributed by atoms with van der Waals surface area (Å²) in [5.41, 5.74) is 0.123. The zero-order valence-corrected chi connectivity index (χ0v) is 12.9. The second-order valence-electron chi connectivity index (χ2n) is 4.94. The third kappa shape index (κ3) is 5.19. The Morgan fingerprint density at radius 3 is 2.12 bits per heavy atom. The lowest BCUT2D eigenvalue weighted by Gasteiger charge is -2.10. The minimum Gasteiger partial charge on any atom is -0.497 e. The number of amides is 1. The van der Waals surface area contributed by atoms with E-state index in [1.807, 2.05) is 12.1 Å². The second kappa shape index (κ2) is 7.72. The molecule has 2 aromatic carbocycles. The van der Waals surface area contributed by atoms with Gasteiger partial charge >= 0.3 is 6.18 Å². The lowest BCUT2D eigenvalue weighted by atomic mass is 10.2. The summed E-state index contributed by atoms with van der Waals surface area (Å²) < 4.78 is 47.5. The Morgan fingerprint density at radius 2 is 1.58 bits per heavy atom. The Hall–Kier alpha value is -2.70. The maximum Gasteiger partial charge on any atom is 0.416 e. The Bertz CT molecular complexity index is 667. The van der Waals surface area contributed by atoms with Gasteiger partial charge in [0, 0.05) is 6.54 Å². The SMILES string of the molecule is COc1ccc(CNC(=O)COc2ccc(C(F)(F)F)cc2)cc1. The highest BCUT2D eigenvalue weighted by Crippen LogP contribution is 2.30. The third-order valence-corrected chi connectivity index (χ3v) is 3.20. The molecule has 0 heterocycles. The number of rotatable bonds is 6. The number of benzene rings is 2. The molecule has 24 heavy (non-hydrogen) atoms. The van der Waals surface area contributed by atoms with Gasteiger partial charge in [0.1, 0.15) is 11.5 Å². The first kappa shape index (κ1) is 17.7. The Morgan fingerprint density at radius 1 is 1.00 bits per heavy atom. The third-order valence-electron chi connectivity index (χ3n) is 3.20. The molecule has 0 spiro atoms. The summed E-state index contributed by atoms with van der Waals surface area (Å²) in [4.78, 5) is 11.7. The van der Waals surface area contributed by atoms with Gasteiger partial charge < -0.3 is 14.8 Å². The van der Waals surface area contributed by atoms with Crippen molar-refractivity contribution in [1.82, 2.24) is 5.32 Å². The maximum atomic E-state index is 12.4. The van der Waals surface area contributed by atoms with Crippen molar-refractivity contribution >= 4 is 5.91 Å². The van der Waals surface area contributed by atoms with E-state index in [4.69, 9.17) is 9.47 Å². The molecule has 0 unspecified atom stereocenters. The van der Waals surface area contributed by atoms with Gasteiger partial charge in [-0.15, -0.1) is 0 Å². The predicted molar refractivity (Wildman–Crippen MR) is 81.8 cm³/mol. The van der Waals surface area contributed by atoms with Crippen molar-refractivity contribution in [3.63, 3.8) is 0 Å². The molecule has 1 amide bonds. The number of alkyl halides is 3. The lowest BCUT2D eigenvalue weighted by molar-refractivity contribution is -0.137. The summed E-state index contributed by atoms with van der Waals surface area (Å²) in [6.45, 7) is 0.0424. The van der Waals surface area contributed by atoms with Crippen LogP contribution >= 0.6 is 0 Å². The standard InChI is InChI=1S/C17H16F3NO3/c1-23-14-6-2-12(3-7-14)10-21-16(22)11-24-15-8-4-13(5-9-15)17(18,19)20/h2-9H,10-11H2,1H3,(H,21,22). The number of nitrogens with one attached hydrogen (secondary N) is 1. The van der Waals surface area contributed by atoms with Gasteiger partial charge in [0.2, 0.25) is 0 Å². The van der Waals surface area contributed by atoms with Crippen LogP contribution in [0.2, 0.25) is 0 Å². The van der Waals surface area contributed by atoms with Gasteiger partial charge in [-0.25, -0.2) is 0 Å². The summed E-state index contributed by atoms with van der Waals surface area (Å²) in [7, 11) is 1.56. The van der Waals surface area contributed by atoms with Crippen molar-refractivity contribution in [2.45, 2.75) is 12.7 Å². The molecule has 0 aromatic heterocycles. The maximum absolute atomic E-state index is 12.4. The molecule has 0 aliphatic carbocycles. The van der Waals surface area contributed by atoms with Crippen LogP contribution in [0.1, 0.15) is 11.1 Å². The second-order valence-corrected chi connectivity index (χ2v) is 4.94. The van der Waals surface area contributed by atoms with E-state index in [2.05, 4.69) is 5.32 Å². The van der Waals surface area contributed by atoms with E-state index in [1.165, 1.54) is 12.1 Å². The molecule has 1 N–H and O–H groups in total. The van der Waals surface area contributed by atoms with Crippen molar-refractivity contribution in [2.75, 3.05) is 13.7 Å². The van der Waals surface area contributed by atoms with Crippen molar-refractivity contribution in [3.8, 4) is 11.5 Å². The monoisotopic (exact) mass is 339 g/mol. The molecule has 2 aromatic rings. The highest BCUT2D eigenvalue weighted by molar-refractivity contribution is 5.77. The molecule has 0 aliphatic rings. The molecule has 0 saturated heterocycles. The van der Waals surface area contributed by atoms with Gasteiger partial charge in [-0.2, -0.15) is 13.2 Å². The van der Waals surface area contributed by atoms with Crippen molar-refractivity contribution in [3.05, 3.63) is 59.7 Å². The van der Waals surface area contributed by atoms with E-state index >= 15 is 0 Å². The minimum atomic E-state index is -4.39. The van der Waals surface area contributed by atoms with Crippen LogP contribution < -0.4 is 14.8 Å². The molecule has 0 bridgehead atoms. The number of methoxy groups -OCH3 is 1. The van der Waals surface area contributed by atoms with Crippen LogP contribution in [-0.4, -0.2) is 19.6 Å². The number of carbonyl (C=O) groups excluding carboxylic acids is 1. The summed E-state index contributed by atoms with van der Waals surface area (Å²) in [5, 5.41) is 2.66. The normalized spacial score (nSPS) is 11.0. The van der Waals surface area contributed by atoms with Crippen LogP contribution in [0.15, 0.2) is 48.5 Å². The lowest BCUT2D eigenvalue weighted by Crippen LogP contribution is -2.28. The smallest absolute Gasteiger partial charge is 0.416 e. The fourth-order valence-corrected chi connectivity index (χ4v) is 1.88. The number of hydrogen-bond acceptors (Lipinski definition) is 3. The van der Waals surface area contributed by atoms with Crippen molar-refractivity contribution in [2.24, 2.45) is 0 Å². The molecule has 0 fully saturated rings. The van der Waals surface area contributed by atoms with Gasteiger partial charge in [-0.3, -0.25) is 4.79 Å². The molecular formula is C17H16F3NO3. The van der Waals surface area contributed by atoms with E-state index in [1.54, 1.807) is 19.2 Å². The Kier molecular flexibility index (Phi) is 5.68. The van der Waals surface area contributed by atoms with E-state index in [0.717, 1.165) is 23.4 Å². The Balaban J connectivity index is 1.78. The largest absolute Gasteiger partial charge is 0.497 e. The molecule has 0 radical (unpaired) electrons. The average molecular weight is 339 g/mol. The molecule has 128 valence electrons. The number of hydrogen-bond donors (Lipinski definition) is 1. The fraction of sp³-hybridized carbons (Fsp3) is 0.235. The summed E-state index contributed by atoms with van der Waals surface area (Å²) in [5.74, 6) is 0.545. The zero-order chi connectivity index (χ0) is 17.6. The van der Waals surface area contributed by atoms with Crippen LogP contribution in [0.3, 0.4) is 0 Å². The number of halogens is 3. The molecule has 0 atom stereocenters. The van der Waals surface area contributed by atoms with E-state index < -0.39 is 11.7 Å². The van der Waals surface area contributed by atoms with E-state index in [9.17, 15) is 18.0 Å². The van der Waals surface area contributed by atoms with Gasteiger partial charge in [0.05, 0.1) is 12.7 Å². The number of carbonyl (C=O) groups is 1. The van der Waals surface area contributed by atoms with Gasteiger partial charge in [0.25, 0.3) is 5.91 Å².